The molecule has 0 aliphatic heterocycles. The van der Waals surface area contributed by atoms with Crippen molar-refractivity contribution in [3.8, 4) is 28.3 Å². The first-order valence-corrected chi connectivity index (χ1v) is 11.1. The van der Waals surface area contributed by atoms with Crippen molar-refractivity contribution in [2.45, 2.75) is 27.7 Å². The number of benzene rings is 1. The molecule has 1 aromatic carbocycles. The predicted octanol–water partition coefficient (Wildman–Crippen LogP) is 7.67. The Morgan fingerprint density at radius 1 is 0.848 bits per heavy atom. The second kappa shape index (κ2) is 9.66. The van der Waals surface area contributed by atoms with Crippen molar-refractivity contribution in [1.82, 2.24) is 14.5 Å². The monoisotopic (exact) mass is 431 g/mol. The lowest BCUT2D eigenvalue weighted by Crippen LogP contribution is -2.00. The summed E-state index contributed by atoms with van der Waals surface area (Å²) in [6, 6.07) is 20.7. The van der Waals surface area contributed by atoms with Crippen LogP contribution in [0.4, 0.5) is 0 Å². The van der Waals surface area contributed by atoms with E-state index in [2.05, 4.69) is 93.6 Å². The first-order valence-electron chi connectivity index (χ1n) is 11.1. The topological polar surface area (TPSA) is 30.7 Å². The lowest BCUT2D eigenvalue weighted by Gasteiger charge is -2.12. The zero-order chi connectivity index (χ0) is 23.4. The van der Waals surface area contributed by atoms with Gasteiger partial charge in [-0.1, -0.05) is 67.3 Å². The predicted molar refractivity (Wildman–Crippen MR) is 139 cm³/mol. The fourth-order valence-electron chi connectivity index (χ4n) is 3.81. The van der Waals surface area contributed by atoms with Crippen molar-refractivity contribution in [2.24, 2.45) is 0 Å². The number of aryl methyl sites for hydroxylation is 1. The summed E-state index contributed by atoms with van der Waals surface area (Å²) in [7, 11) is 0. The second-order valence-electron chi connectivity index (χ2n) is 8.24. The third-order valence-electron chi connectivity index (χ3n) is 5.99. The molecule has 3 heterocycles. The number of hydrogen-bond acceptors (Lipinski definition) is 2. The van der Waals surface area contributed by atoms with Crippen LogP contribution in [0.3, 0.4) is 0 Å². The second-order valence-corrected chi connectivity index (χ2v) is 8.24. The molecule has 0 saturated heterocycles. The number of aromatic nitrogens is 3. The van der Waals surface area contributed by atoms with E-state index >= 15 is 0 Å². The highest BCUT2D eigenvalue weighted by atomic mass is 15.1. The average Bonchev–Trinajstić information content (AvgIpc) is 3.11. The van der Waals surface area contributed by atoms with Gasteiger partial charge in [-0.3, -0.25) is 0 Å². The van der Waals surface area contributed by atoms with E-state index in [1.165, 1.54) is 16.8 Å². The standard InChI is InChI=1S/C30H29N3/c1-6-7-9-13-21(2)28-18-26(19-29(31-28)25-14-10-8-11-15-25)27-16-12-17-30(32-27)33-20-22(3)23(4)24(33)5/h6-20H,1H2,2-5H3/b9-7-,21-13+. The zero-order valence-corrected chi connectivity index (χ0v) is 19.7. The van der Waals surface area contributed by atoms with Gasteiger partial charge in [-0.15, -0.1) is 0 Å². The van der Waals surface area contributed by atoms with Crippen LogP contribution in [-0.2, 0) is 0 Å². The van der Waals surface area contributed by atoms with Crippen LogP contribution in [-0.4, -0.2) is 14.5 Å². The summed E-state index contributed by atoms with van der Waals surface area (Å²) in [6.45, 7) is 12.3. The third kappa shape index (κ3) is 4.78. The van der Waals surface area contributed by atoms with Crippen molar-refractivity contribution < 1.29 is 0 Å². The molecule has 0 unspecified atom stereocenters. The molecule has 164 valence electrons. The van der Waals surface area contributed by atoms with Gasteiger partial charge < -0.3 is 4.57 Å². The van der Waals surface area contributed by atoms with Gasteiger partial charge in [0.05, 0.1) is 17.1 Å². The molecule has 4 rings (SSSR count). The number of hydrogen-bond donors (Lipinski definition) is 0. The van der Waals surface area contributed by atoms with Crippen molar-refractivity contribution in [3.05, 3.63) is 120 Å². The van der Waals surface area contributed by atoms with Gasteiger partial charge in [0, 0.05) is 23.0 Å². The summed E-state index contributed by atoms with van der Waals surface area (Å²) in [4.78, 5) is 9.98. The van der Waals surface area contributed by atoms with Crippen molar-refractivity contribution in [1.29, 1.82) is 0 Å². The molecule has 0 fully saturated rings. The largest absolute Gasteiger partial charge is 0.305 e. The van der Waals surface area contributed by atoms with Gasteiger partial charge in [-0.05, 0) is 68.7 Å². The zero-order valence-electron chi connectivity index (χ0n) is 19.7. The number of nitrogens with zero attached hydrogens (tertiary/aromatic N) is 3. The van der Waals surface area contributed by atoms with Crippen LogP contribution < -0.4 is 0 Å². The SMILES string of the molecule is C=C/C=C\C=C(/C)c1cc(-c2cccc(-n3cc(C)c(C)c3C)n2)cc(-c2ccccc2)n1. The molecule has 0 amide bonds. The molecule has 4 aromatic rings. The van der Waals surface area contributed by atoms with E-state index in [0.29, 0.717) is 0 Å². The van der Waals surface area contributed by atoms with E-state index < -0.39 is 0 Å². The molecule has 0 bridgehead atoms. The van der Waals surface area contributed by atoms with Crippen LogP contribution in [0.5, 0.6) is 0 Å². The maximum atomic E-state index is 5.03. The highest BCUT2D eigenvalue weighted by Gasteiger charge is 2.12. The maximum absolute atomic E-state index is 5.03. The Balaban J connectivity index is 1.85. The van der Waals surface area contributed by atoms with Gasteiger partial charge in [-0.2, -0.15) is 0 Å². The van der Waals surface area contributed by atoms with E-state index in [9.17, 15) is 0 Å². The Kier molecular flexibility index (Phi) is 6.50. The molecule has 0 N–H and O–H groups in total. The van der Waals surface area contributed by atoms with Crippen molar-refractivity contribution >= 4 is 5.57 Å². The molecule has 0 saturated carbocycles. The molecule has 0 atom stereocenters. The molecule has 3 nitrogen and oxygen atoms in total. The fraction of sp³-hybridized carbons (Fsp3) is 0.133. The third-order valence-corrected chi connectivity index (χ3v) is 5.99. The van der Waals surface area contributed by atoms with Gasteiger partial charge in [0.25, 0.3) is 0 Å². The first kappa shape index (κ1) is 22.2. The summed E-state index contributed by atoms with van der Waals surface area (Å²) in [5, 5.41) is 0. The van der Waals surface area contributed by atoms with E-state index in [0.717, 1.165) is 39.6 Å². The normalized spacial score (nSPS) is 11.8. The first-order chi connectivity index (χ1) is 16.0. The summed E-state index contributed by atoms with van der Waals surface area (Å²) in [6.07, 6.45) is 9.88. The molecular formula is C30H29N3. The van der Waals surface area contributed by atoms with E-state index in [1.807, 2.05) is 30.4 Å². The minimum absolute atomic E-state index is 0.919. The molecule has 0 radical (unpaired) electrons. The minimum atomic E-state index is 0.919. The smallest absolute Gasteiger partial charge is 0.137 e. The lowest BCUT2D eigenvalue weighted by molar-refractivity contribution is 0.956. The van der Waals surface area contributed by atoms with Gasteiger partial charge in [0.1, 0.15) is 5.82 Å². The Morgan fingerprint density at radius 2 is 1.64 bits per heavy atom. The molecule has 3 heteroatoms. The molecule has 0 spiro atoms. The van der Waals surface area contributed by atoms with E-state index in [4.69, 9.17) is 9.97 Å². The maximum Gasteiger partial charge on any atom is 0.137 e. The Hall–Kier alpha value is -3.98. The summed E-state index contributed by atoms with van der Waals surface area (Å²) in [5.74, 6) is 0.919. The van der Waals surface area contributed by atoms with Gasteiger partial charge in [-0.25, -0.2) is 9.97 Å². The van der Waals surface area contributed by atoms with Crippen LogP contribution in [0.2, 0.25) is 0 Å². The molecule has 33 heavy (non-hydrogen) atoms. The number of pyridine rings is 2. The van der Waals surface area contributed by atoms with Crippen molar-refractivity contribution in [2.75, 3.05) is 0 Å². The highest BCUT2D eigenvalue weighted by molar-refractivity contribution is 5.75. The van der Waals surface area contributed by atoms with Crippen LogP contribution in [0, 0.1) is 20.8 Å². The Bertz CT molecular complexity index is 1350. The Morgan fingerprint density at radius 3 is 2.33 bits per heavy atom. The Labute approximate surface area is 196 Å². The minimum Gasteiger partial charge on any atom is -0.305 e. The molecule has 3 aromatic heterocycles. The molecular weight excluding hydrogens is 402 g/mol. The number of rotatable bonds is 6. The van der Waals surface area contributed by atoms with Crippen LogP contribution in [0.1, 0.15) is 29.4 Å². The number of allylic oxidation sites excluding steroid dienone is 5. The van der Waals surface area contributed by atoms with Crippen molar-refractivity contribution in [3.63, 3.8) is 0 Å². The fourth-order valence-corrected chi connectivity index (χ4v) is 3.81. The van der Waals surface area contributed by atoms with E-state index in [1.54, 1.807) is 6.08 Å². The van der Waals surface area contributed by atoms with Gasteiger partial charge in [0.15, 0.2) is 0 Å². The highest BCUT2D eigenvalue weighted by Crippen LogP contribution is 2.28. The molecule has 0 aliphatic carbocycles. The van der Waals surface area contributed by atoms with Crippen LogP contribution >= 0.6 is 0 Å². The van der Waals surface area contributed by atoms with Crippen LogP contribution in [0.25, 0.3) is 33.9 Å². The van der Waals surface area contributed by atoms with E-state index in [-0.39, 0.29) is 0 Å². The van der Waals surface area contributed by atoms with Gasteiger partial charge >= 0.3 is 0 Å². The van der Waals surface area contributed by atoms with Crippen LogP contribution in [0.15, 0.2) is 97.7 Å². The lowest BCUT2D eigenvalue weighted by atomic mass is 10.0. The summed E-state index contributed by atoms with van der Waals surface area (Å²) >= 11 is 0. The average molecular weight is 432 g/mol. The summed E-state index contributed by atoms with van der Waals surface area (Å²) < 4.78 is 2.17. The molecule has 0 aliphatic rings. The van der Waals surface area contributed by atoms with Gasteiger partial charge in [0.2, 0.25) is 0 Å². The summed E-state index contributed by atoms with van der Waals surface area (Å²) in [5.41, 5.74) is 9.76. The quantitative estimate of drug-likeness (QED) is 0.293.